The zero-order chi connectivity index (χ0) is 17.4. The molecule has 0 radical (unpaired) electrons. The largest absolute Gasteiger partial charge is 0.490 e. The molecule has 0 atom stereocenters. The number of amides is 1. The fourth-order valence-electron chi connectivity index (χ4n) is 1.98. The van der Waals surface area contributed by atoms with Gasteiger partial charge in [0, 0.05) is 6.08 Å². The Morgan fingerprint density at radius 2 is 1.92 bits per heavy atom. The summed E-state index contributed by atoms with van der Waals surface area (Å²) in [6, 6.07) is 11.4. The molecule has 2 aromatic rings. The van der Waals surface area contributed by atoms with Gasteiger partial charge in [0.2, 0.25) is 0 Å². The lowest BCUT2D eigenvalue weighted by Crippen LogP contribution is -2.27. The summed E-state index contributed by atoms with van der Waals surface area (Å²) < 4.78 is 24.2. The van der Waals surface area contributed by atoms with Crippen LogP contribution in [-0.4, -0.2) is 12.5 Å². The van der Waals surface area contributed by atoms with Crippen LogP contribution in [-0.2, 0) is 11.4 Å². The number of hydrogen-bond donors (Lipinski definition) is 2. The average molecular weight is 330 g/mol. The summed E-state index contributed by atoms with van der Waals surface area (Å²) in [6.45, 7) is 2.64. The molecule has 0 aromatic heterocycles. The number of rotatable bonds is 7. The molecule has 0 saturated heterocycles. The third kappa shape index (κ3) is 5.10. The topological polar surface area (TPSA) is 73.6 Å². The molecule has 0 aliphatic carbocycles. The minimum absolute atomic E-state index is 0.286. The quantitative estimate of drug-likeness (QED) is 0.354. The number of hydrazine groups is 1. The Bertz CT molecular complexity index is 715. The standard InChI is InChI=1S/C18H19FN2O3/c1-2-23-17-11-13(6-10-18(22)21-20)5-9-16(17)24-12-14-3-7-15(19)8-4-14/h3-11H,2,12,20H2,1H3,(H,21,22)/b10-6+. The number of carbonyl (C=O) groups is 1. The lowest BCUT2D eigenvalue weighted by molar-refractivity contribution is -0.116. The van der Waals surface area contributed by atoms with Gasteiger partial charge in [-0.05, 0) is 48.4 Å². The van der Waals surface area contributed by atoms with Crippen LogP contribution in [0.4, 0.5) is 4.39 Å². The van der Waals surface area contributed by atoms with Crippen molar-refractivity contribution in [3.63, 3.8) is 0 Å². The van der Waals surface area contributed by atoms with Crippen LogP contribution in [0.1, 0.15) is 18.1 Å². The Kier molecular flexibility index (Phi) is 6.33. The Labute approximate surface area is 139 Å². The minimum atomic E-state index is -0.399. The number of benzene rings is 2. The van der Waals surface area contributed by atoms with Crippen molar-refractivity contribution in [3.8, 4) is 11.5 Å². The van der Waals surface area contributed by atoms with Crippen molar-refractivity contribution in [2.75, 3.05) is 6.61 Å². The fraction of sp³-hybridized carbons (Fsp3) is 0.167. The summed E-state index contributed by atoms with van der Waals surface area (Å²) in [7, 11) is 0. The molecular weight excluding hydrogens is 311 g/mol. The van der Waals surface area contributed by atoms with Gasteiger partial charge in [-0.15, -0.1) is 0 Å². The number of hydrogen-bond acceptors (Lipinski definition) is 4. The van der Waals surface area contributed by atoms with Gasteiger partial charge in [0.05, 0.1) is 6.61 Å². The second-order valence-electron chi connectivity index (χ2n) is 4.90. The van der Waals surface area contributed by atoms with Crippen LogP contribution < -0.4 is 20.7 Å². The number of carbonyl (C=O) groups excluding carboxylic acids is 1. The number of halogens is 1. The summed E-state index contributed by atoms with van der Waals surface area (Å²) in [5, 5.41) is 0. The molecule has 0 spiro atoms. The molecular formula is C18H19FN2O3. The molecule has 3 N–H and O–H groups in total. The first-order valence-electron chi connectivity index (χ1n) is 7.45. The van der Waals surface area contributed by atoms with Crippen LogP contribution in [0.25, 0.3) is 6.08 Å². The van der Waals surface area contributed by atoms with Gasteiger partial charge in [-0.2, -0.15) is 0 Å². The predicted molar refractivity (Wildman–Crippen MR) is 89.7 cm³/mol. The summed E-state index contributed by atoms with van der Waals surface area (Å²) in [4.78, 5) is 11.1. The lowest BCUT2D eigenvalue weighted by Gasteiger charge is -2.12. The van der Waals surface area contributed by atoms with Crippen molar-refractivity contribution < 1.29 is 18.7 Å². The van der Waals surface area contributed by atoms with E-state index in [1.165, 1.54) is 18.2 Å². The van der Waals surface area contributed by atoms with E-state index in [0.717, 1.165) is 11.1 Å². The van der Waals surface area contributed by atoms with Crippen LogP contribution in [0.5, 0.6) is 11.5 Å². The van der Waals surface area contributed by atoms with Gasteiger partial charge in [0.25, 0.3) is 5.91 Å². The van der Waals surface area contributed by atoms with E-state index in [-0.39, 0.29) is 5.82 Å². The van der Waals surface area contributed by atoms with Crippen molar-refractivity contribution in [1.82, 2.24) is 5.43 Å². The molecule has 2 aromatic carbocycles. The van der Waals surface area contributed by atoms with Crippen molar-refractivity contribution in [3.05, 3.63) is 65.5 Å². The molecule has 6 heteroatoms. The first-order chi connectivity index (χ1) is 11.6. The van der Waals surface area contributed by atoms with E-state index < -0.39 is 5.91 Å². The molecule has 0 bridgehead atoms. The summed E-state index contributed by atoms with van der Waals surface area (Å²) in [5.74, 6) is 5.47. The van der Waals surface area contributed by atoms with Crippen molar-refractivity contribution in [1.29, 1.82) is 0 Å². The molecule has 126 valence electrons. The molecule has 2 rings (SSSR count). The van der Waals surface area contributed by atoms with E-state index in [1.807, 2.05) is 12.3 Å². The van der Waals surface area contributed by atoms with Gasteiger partial charge in [0.1, 0.15) is 12.4 Å². The zero-order valence-corrected chi connectivity index (χ0v) is 13.3. The van der Waals surface area contributed by atoms with E-state index in [1.54, 1.807) is 36.4 Å². The second-order valence-corrected chi connectivity index (χ2v) is 4.90. The molecule has 0 aliphatic heterocycles. The number of nitrogens with one attached hydrogen (secondary N) is 1. The third-order valence-corrected chi connectivity index (χ3v) is 3.14. The predicted octanol–water partition coefficient (Wildman–Crippen LogP) is 2.81. The fourth-order valence-corrected chi connectivity index (χ4v) is 1.98. The van der Waals surface area contributed by atoms with E-state index in [9.17, 15) is 9.18 Å². The summed E-state index contributed by atoms with van der Waals surface area (Å²) in [6.07, 6.45) is 2.94. The van der Waals surface area contributed by atoms with Crippen molar-refractivity contribution >= 4 is 12.0 Å². The first kappa shape index (κ1) is 17.5. The molecule has 0 fully saturated rings. The Hall–Kier alpha value is -2.86. The molecule has 0 aliphatic rings. The molecule has 0 heterocycles. The van der Waals surface area contributed by atoms with Crippen LogP contribution in [0.15, 0.2) is 48.5 Å². The Morgan fingerprint density at radius 3 is 2.58 bits per heavy atom. The van der Waals surface area contributed by atoms with E-state index in [4.69, 9.17) is 15.3 Å². The van der Waals surface area contributed by atoms with E-state index >= 15 is 0 Å². The van der Waals surface area contributed by atoms with Gasteiger partial charge < -0.3 is 9.47 Å². The maximum Gasteiger partial charge on any atom is 0.257 e. The molecule has 24 heavy (non-hydrogen) atoms. The van der Waals surface area contributed by atoms with Gasteiger partial charge in [-0.1, -0.05) is 18.2 Å². The highest BCUT2D eigenvalue weighted by Gasteiger charge is 2.06. The monoisotopic (exact) mass is 330 g/mol. The lowest BCUT2D eigenvalue weighted by atomic mass is 10.2. The van der Waals surface area contributed by atoms with Gasteiger partial charge in [-0.25, -0.2) is 10.2 Å². The highest BCUT2D eigenvalue weighted by atomic mass is 19.1. The molecule has 0 saturated carbocycles. The molecule has 1 amide bonds. The van der Waals surface area contributed by atoms with E-state index in [2.05, 4.69) is 0 Å². The smallest absolute Gasteiger partial charge is 0.257 e. The van der Waals surface area contributed by atoms with E-state index in [0.29, 0.717) is 24.7 Å². The first-order valence-corrected chi connectivity index (χ1v) is 7.45. The normalized spacial score (nSPS) is 10.6. The Balaban J connectivity index is 2.12. The van der Waals surface area contributed by atoms with Gasteiger partial charge in [-0.3, -0.25) is 10.2 Å². The molecule has 0 unspecified atom stereocenters. The van der Waals surface area contributed by atoms with Gasteiger partial charge in [0.15, 0.2) is 11.5 Å². The Morgan fingerprint density at radius 1 is 1.17 bits per heavy atom. The van der Waals surface area contributed by atoms with Crippen LogP contribution in [0.3, 0.4) is 0 Å². The maximum absolute atomic E-state index is 12.9. The van der Waals surface area contributed by atoms with Gasteiger partial charge >= 0.3 is 0 Å². The van der Waals surface area contributed by atoms with Crippen LogP contribution >= 0.6 is 0 Å². The zero-order valence-electron chi connectivity index (χ0n) is 13.3. The summed E-state index contributed by atoms with van der Waals surface area (Å²) in [5.41, 5.74) is 3.64. The maximum atomic E-state index is 12.9. The molecule has 5 nitrogen and oxygen atoms in total. The van der Waals surface area contributed by atoms with Crippen LogP contribution in [0.2, 0.25) is 0 Å². The number of ether oxygens (including phenoxy) is 2. The number of nitrogens with two attached hydrogens (primary N) is 1. The van der Waals surface area contributed by atoms with Crippen molar-refractivity contribution in [2.45, 2.75) is 13.5 Å². The van der Waals surface area contributed by atoms with Crippen LogP contribution in [0, 0.1) is 5.82 Å². The highest BCUT2D eigenvalue weighted by molar-refractivity contribution is 5.91. The average Bonchev–Trinajstić information content (AvgIpc) is 2.60. The highest BCUT2D eigenvalue weighted by Crippen LogP contribution is 2.29. The second kappa shape index (κ2) is 8.69. The SMILES string of the molecule is CCOc1cc(/C=C/C(=O)NN)ccc1OCc1ccc(F)cc1. The summed E-state index contributed by atoms with van der Waals surface area (Å²) >= 11 is 0. The third-order valence-electron chi connectivity index (χ3n) is 3.14. The minimum Gasteiger partial charge on any atom is -0.490 e. The van der Waals surface area contributed by atoms with Crippen molar-refractivity contribution in [2.24, 2.45) is 5.84 Å².